The Morgan fingerprint density at radius 2 is 1.23 bits per heavy atom. The predicted molar refractivity (Wildman–Crippen MR) is 190 cm³/mol. The number of rotatable bonds is 4. The Hall–Kier alpha value is -6.01. The number of hydrogen-bond acceptors (Lipinski definition) is 2. The van der Waals surface area contributed by atoms with Crippen molar-refractivity contribution in [3.8, 4) is 11.1 Å². The van der Waals surface area contributed by atoms with Gasteiger partial charge in [0.15, 0.2) is 11.2 Å². The average molecular weight is 612 g/mol. The molecule has 3 nitrogen and oxygen atoms in total. The highest BCUT2D eigenvalue weighted by atomic mass is 19.2. The van der Waals surface area contributed by atoms with Gasteiger partial charge in [-0.05, 0) is 58.8 Å². The van der Waals surface area contributed by atoms with Gasteiger partial charge in [-0.3, -0.25) is 0 Å². The molecule has 2 aliphatic heterocycles. The lowest BCUT2D eigenvalue weighted by atomic mass is 9.81. The molecule has 224 valence electrons. The van der Waals surface area contributed by atoms with Crippen molar-refractivity contribution in [2.45, 2.75) is 0 Å². The van der Waals surface area contributed by atoms with Crippen LogP contribution >= 0.6 is 0 Å². The van der Waals surface area contributed by atoms with Gasteiger partial charge >= 0.3 is 6.97 Å². The average Bonchev–Trinajstić information content (AvgIpc) is 3.11. The largest absolute Gasteiger partial charge is 0.737 e. The minimum absolute atomic E-state index is 0.444. The van der Waals surface area contributed by atoms with Crippen LogP contribution in [-0.4, -0.2) is 6.97 Å². The fraction of sp³-hybridized carbons (Fsp3) is 0. The van der Waals surface area contributed by atoms with Crippen LogP contribution in [0.15, 0.2) is 169 Å². The van der Waals surface area contributed by atoms with Crippen molar-refractivity contribution in [3.05, 3.63) is 181 Å². The Bertz CT molecular complexity index is 2400. The second-order valence-corrected chi connectivity index (χ2v) is 12.0. The lowest BCUT2D eigenvalue weighted by Crippen LogP contribution is -2.72. The summed E-state index contributed by atoms with van der Waals surface area (Å²) in [5.74, 6) is 0. The monoisotopic (exact) mass is 611 g/mol. The van der Waals surface area contributed by atoms with E-state index in [9.17, 15) is 0 Å². The third-order valence-corrected chi connectivity index (χ3v) is 9.27. The number of halogens is 2. The molecule has 3 heterocycles. The molecule has 0 N–H and O–H groups in total. The van der Waals surface area contributed by atoms with E-state index in [1.165, 1.54) is 9.29 Å². The maximum atomic E-state index is 17.3. The van der Waals surface area contributed by atoms with Crippen molar-refractivity contribution in [1.29, 1.82) is 0 Å². The molecule has 0 saturated carbocycles. The molecule has 0 saturated heterocycles. The van der Waals surface area contributed by atoms with E-state index in [-0.39, 0.29) is 0 Å². The number of allylic oxidation sites excluding steroid dienone is 1. The first-order valence-electron chi connectivity index (χ1n) is 15.8. The smallest absolute Gasteiger partial charge is 0.390 e. The summed E-state index contributed by atoms with van der Waals surface area (Å²) in [6, 6.07) is 51.6. The van der Waals surface area contributed by atoms with E-state index in [0.29, 0.717) is 22.6 Å². The summed E-state index contributed by atoms with van der Waals surface area (Å²) in [6.07, 6.45) is 3.82. The minimum atomic E-state index is -4.28. The van der Waals surface area contributed by atoms with Crippen LogP contribution in [0.5, 0.6) is 0 Å². The quantitative estimate of drug-likeness (QED) is 0.183. The van der Waals surface area contributed by atoms with Gasteiger partial charge in [0, 0.05) is 57.5 Å². The van der Waals surface area contributed by atoms with Crippen LogP contribution in [0.25, 0.3) is 44.6 Å². The predicted octanol–water partition coefficient (Wildman–Crippen LogP) is 10.2. The molecule has 0 unspecified atom stereocenters. The third-order valence-electron chi connectivity index (χ3n) is 9.27. The van der Waals surface area contributed by atoms with Gasteiger partial charge in [-0.15, -0.1) is 0 Å². The normalized spacial score (nSPS) is 14.6. The number of pyridine rings is 1. The molecule has 47 heavy (non-hydrogen) atoms. The number of anilines is 3. The summed E-state index contributed by atoms with van der Waals surface area (Å²) in [6.45, 7) is -4.28. The number of nitrogens with zero attached hydrogens (tertiary/aromatic N) is 3. The number of aromatic nitrogens is 1. The van der Waals surface area contributed by atoms with Crippen molar-refractivity contribution < 1.29 is 13.1 Å². The zero-order chi connectivity index (χ0) is 31.5. The van der Waals surface area contributed by atoms with Gasteiger partial charge in [-0.2, -0.15) is 0 Å². The lowest BCUT2D eigenvalue weighted by Gasteiger charge is -2.44. The summed E-state index contributed by atoms with van der Waals surface area (Å²) in [5, 5.41) is 3.03. The van der Waals surface area contributed by atoms with Crippen LogP contribution in [-0.2, 0) is 0 Å². The first kappa shape index (κ1) is 27.3. The zero-order valence-electron chi connectivity index (χ0n) is 25.3. The lowest BCUT2D eigenvalue weighted by molar-refractivity contribution is -0.541. The van der Waals surface area contributed by atoms with Crippen molar-refractivity contribution in [3.63, 3.8) is 0 Å². The highest BCUT2D eigenvalue weighted by Gasteiger charge is 2.54. The van der Waals surface area contributed by atoms with Crippen LogP contribution in [0.3, 0.4) is 0 Å². The topological polar surface area (TPSA) is 10.4 Å². The van der Waals surface area contributed by atoms with E-state index in [4.69, 9.17) is 0 Å². The molecule has 9 rings (SSSR count). The molecule has 0 amide bonds. The summed E-state index contributed by atoms with van der Waals surface area (Å²) in [5.41, 5.74) is 7.24. The number of fused-ring (bicyclic) bond motifs is 7. The van der Waals surface area contributed by atoms with Crippen LogP contribution in [0.2, 0.25) is 0 Å². The Balaban J connectivity index is 1.32. The molecule has 0 atom stereocenters. The summed E-state index contributed by atoms with van der Waals surface area (Å²) in [7, 11) is 0. The molecule has 7 aromatic rings. The Morgan fingerprint density at radius 3 is 2.06 bits per heavy atom. The first-order valence-corrected chi connectivity index (χ1v) is 15.8. The fourth-order valence-electron chi connectivity index (χ4n) is 7.22. The first-order chi connectivity index (χ1) is 23.1. The Labute approximate surface area is 271 Å². The van der Waals surface area contributed by atoms with Crippen molar-refractivity contribution >= 4 is 57.5 Å². The highest BCUT2D eigenvalue weighted by Crippen LogP contribution is 2.46. The second-order valence-electron chi connectivity index (χ2n) is 12.0. The van der Waals surface area contributed by atoms with E-state index < -0.39 is 6.97 Å². The maximum absolute atomic E-state index is 17.3. The number of para-hydroxylation sites is 3. The van der Waals surface area contributed by atoms with Crippen LogP contribution in [0, 0.1) is 0 Å². The number of hydrogen-bond donors (Lipinski definition) is 0. The van der Waals surface area contributed by atoms with Gasteiger partial charge < -0.3 is 22.8 Å². The van der Waals surface area contributed by atoms with Crippen LogP contribution in [0.1, 0.15) is 11.3 Å². The molecule has 0 spiro atoms. The zero-order valence-corrected chi connectivity index (χ0v) is 25.3. The van der Waals surface area contributed by atoms with E-state index in [2.05, 4.69) is 47.4 Å². The summed E-state index contributed by atoms with van der Waals surface area (Å²) >= 11 is 0. The van der Waals surface area contributed by atoms with E-state index >= 15 is 8.63 Å². The molecule has 2 aliphatic rings. The van der Waals surface area contributed by atoms with Crippen molar-refractivity contribution in [2.24, 2.45) is 0 Å². The maximum Gasteiger partial charge on any atom is 0.737 e. The van der Waals surface area contributed by atoms with Gasteiger partial charge in [0.2, 0.25) is 0 Å². The van der Waals surface area contributed by atoms with Gasteiger partial charge in [0.1, 0.15) is 0 Å². The molecule has 0 fully saturated rings. The molecule has 6 aromatic carbocycles. The van der Waals surface area contributed by atoms with E-state index in [1.807, 2.05) is 121 Å². The minimum Gasteiger partial charge on any atom is -0.390 e. The summed E-state index contributed by atoms with van der Waals surface area (Å²) in [4.78, 5) is 3.41. The highest BCUT2D eigenvalue weighted by molar-refractivity contribution is 6.64. The van der Waals surface area contributed by atoms with Gasteiger partial charge in [0.25, 0.3) is 0 Å². The molecule has 0 bridgehead atoms. The molecule has 0 radical (unpaired) electrons. The van der Waals surface area contributed by atoms with Gasteiger partial charge in [0.05, 0.1) is 5.70 Å². The van der Waals surface area contributed by atoms with Gasteiger partial charge in [-0.25, -0.2) is 0 Å². The van der Waals surface area contributed by atoms with Crippen LogP contribution < -0.4 is 14.2 Å². The Morgan fingerprint density at radius 1 is 0.553 bits per heavy atom. The molecule has 6 heteroatoms. The van der Waals surface area contributed by atoms with Gasteiger partial charge in [-0.1, -0.05) is 109 Å². The molecule has 1 aromatic heterocycles. The van der Waals surface area contributed by atoms with E-state index in [1.54, 1.807) is 6.07 Å². The third kappa shape index (κ3) is 4.29. The van der Waals surface area contributed by atoms with Crippen molar-refractivity contribution in [1.82, 2.24) is 0 Å². The molecular weight excluding hydrogens is 583 g/mol. The second kappa shape index (κ2) is 10.5. The summed E-state index contributed by atoms with van der Waals surface area (Å²) < 4.78 is 35.8. The standard InChI is InChI=1S/C41H28BF2N3/c43-42(44)46-34(27-38(30-14-3-1-4-15-30)36-19-9-11-21-39(36)46)26-35-28-41(37-20-10-12-22-40(37)47(35)42)45(32-17-5-2-6-18-32)33-24-23-29-13-7-8-16-31(29)25-33/h1-28H. The fourth-order valence-corrected chi connectivity index (χ4v) is 7.22. The van der Waals surface area contributed by atoms with Crippen molar-refractivity contribution in [2.75, 3.05) is 9.71 Å². The SMILES string of the molecule is F[B-]1(F)N2C(=Cc3cc(-c4ccccc4)c4ccccc4[n+]31)C=C(N(c1ccccc1)c1ccc3ccccc3c1)c1ccccc12. The number of benzene rings is 6. The molecular formula is C41H28BF2N3. The van der Waals surface area contributed by atoms with E-state index in [0.717, 1.165) is 49.9 Å². The van der Waals surface area contributed by atoms with Crippen LogP contribution in [0.4, 0.5) is 25.7 Å². The molecule has 0 aliphatic carbocycles. The Kier molecular flexibility index (Phi) is 6.12.